The smallest absolute Gasteiger partial charge is 0.132 e. The first kappa shape index (κ1) is 19.6. The average molecular weight is 403 g/mol. The van der Waals surface area contributed by atoms with Gasteiger partial charge in [-0.3, -0.25) is 10.3 Å². The Labute approximate surface area is 173 Å². The van der Waals surface area contributed by atoms with E-state index in [1.165, 1.54) is 12.8 Å². The van der Waals surface area contributed by atoms with Crippen LogP contribution in [0, 0.1) is 5.92 Å². The molecule has 8 heteroatoms. The average Bonchev–Trinajstić information content (AvgIpc) is 3.31. The molecule has 4 fully saturated rings. The van der Waals surface area contributed by atoms with Crippen LogP contribution in [0.2, 0.25) is 0 Å². The van der Waals surface area contributed by atoms with E-state index in [1.54, 1.807) is 6.33 Å². The van der Waals surface area contributed by atoms with Crippen LogP contribution < -0.4 is 15.8 Å². The molecule has 3 heterocycles. The first-order valence-electron chi connectivity index (χ1n) is 11.2. The lowest BCUT2D eigenvalue weighted by atomic mass is 9.79. The summed E-state index contributed by atoms with van der Waals surface area (Å²) < 4.78 is 6.41. The molecule has 0 amide bonds. The number of anilines is 1. The first-order chi connectivity index (χ1) is 14.1. The summed E-state index contributed by atoms with van der Waals surface area (Å²) in [6, 6.07) is 2.86. The van der Waals surface area contributed by atoms with E-state index in [2.05, 4.69) is 43.6 Å². The van der Waals surface area contributed by atoms with Crippen molar-refractivity contribution >= 4 is 5.82 Å². The van der Waals surface area contributed by atoms with Gasteiger partial charge in [-0.2, -0.15) is 0 Å². The zero-order valence-electron chi connectivity index (χ0n) is 17.4. The fraction of sp³-hybridized carbons (Fsp3) is 0.810. The lowest BCUT2D eigenvalue weighted by molar-refractivity contribution is -0.0500. The monoisotopic (exact) mass is 402 g/mol. The minimum absolute atomic E-state index is 0.146. The Balaban J connectivity index is 1.25. The molecule has 4 aliphatic rings. The summed E-state index contributed by atoms with van der Waals surface area (Å²) in [6.45, 7) is 7.03. The Kier molecular flexibility index (Phi) is 5.47. The van der Waals surface area contributed by atoms with Gasteiger partial charge in [0.1, 0.15) is 12.1 Å². The number of aliphatic hydroxyl groups is 1. The van der Waals surface area contributed by atoms with E-state index in [9.17, 15) is 0 Å². The quantitative estimate of drug-likeness (QED) is 0.646. The highest BCUT2D eigenvalue weighted by Crippen LogP contribution is 2.45. The number of piperazine rings is 1. The fourth-order valence-corrected chi connectivity index (χ4v) is 5.16. The van der Waals surface area contributed by atoms with Crippen molar-refractivity contribution in [3.63, 3.8) is 0 Å². The summed E-state index contributed by atoms with van der Waals surface area (Å²) in [6.07, 6.45) is 7.88. The van der Waals surface area contributed by atoms with Gasteiger partial charge in [-0.05, 0) is 39.0 Å². The van der Waals surface area contributed by atoms with Gasteiger partial charge in [0.25, 0.3) is 0 Å². The maximum Gasteiger partial charge on any atom is 0.132 e. The Hall–Kier alpha value is -1.32. The van der Waals surface area contributed by atoms with Gasteiger partial charge in [-0.15, -0.1) is 0 Å². The summed E-state index contributed by atoms with van der Waals surface area (Å²) in [5.74, 6) is 1.51. The summed E-state index contributed by atoms with van der Waals surface area (Å²) in [5, 5.41) is 9.14. The number of fused-ring (bicyclic) bond motifs is 1. The molecule has 2 aliphatic carbocycles. The van der Waals surface area contributed by atoms with E-state index >= 15 is 0 Å². The predicted molar refractivity (Wildman–Crippen MR) is 110 cm³/mol. The Morgan fingerprint density at radius 3 is 2.76 bits per heavy atom. The van der Waals surface area contributed by atoms with Crippen molar-refractivity contribution < 1.29 is 9.84 Å². The lowest BCUT2D eigenvalue weighted by Crippen LogP contribution is -2.47. The van der Waals surface area contributed by atoms with Crippen LogP contribution in [0.1, 0.15) is 50.8 Å². The molecule has 0 aromatic carbocycles. The summed E-state index contributed by atoms with van der Waals surface area (Å²) >= 11 is 0. The van der Waals surface area contributed by atoms with Crippen molar-refractivity contribution in [2.45, 2.75) is 62.8 Å². The van der Waals surface area contributed by atoms with E-state index in [-0.39, 0.29) is 18.2 Å². The molecular formula is C21H34N6O2. The standard InChI is InChI=1S/C21H34N6O2/c1-21(4-5-21)29-15-2-3-17-16(12-15)20(25-24-17)18-13-19(23-14-22-18)27-8-6-26(7-9-27)10-11-28/h13-17,20,24-25,28H,2-12H2,1H3. The SMILES string of the molecule is CC1(OC2CCC3NNC(c4cc(N5CCN(CCO)CC5)ncn4)C3C2)CC1. The zero-order chi connectivity index (χ0) is 19.8. The van der Waals surface area contributed by atoms with Gasteiger partial charge in [-0.1, -0.05) is 0 Å². The lowest BCUT2D eigenvalue weighted by Gasteiger charge is -2.36. The van der Waals surface area contributed by atoms with Crippen molar-refractivity contribution in [3.8, 4) is 0 Å². The highest BCUT2D eigenvalue weighted by atomic mass is 16.5. The maximum atomic E-state index is 9.14. The third-order valence-electron chi connectivity index (χ3n) is 7.21. The molecule has 29 heavy (non-hydrogen) atoms. The molecule has 0 radical (unpaired) electrons. The second kappa shape index (κ2) is 8.07. The van der Waals surface area contributed by atoms with Gasteiger partial charge < -0.3 is 14.7 Å². The van der Waals surface area contributed by atoms with Crippen molar-refractivity contribution in [2.24, 2.45) is 5.92 Å². The number of rotatable bonds is 6. The third kappa shape index (κ3) is 4.27. The van der Waals surface area contributed by atoms with Crippen LogP contribution in [0.5, 0.6) is 0 Å². The van der Waals surface area contributed by atoms with Crippen LogP contribution in [0.15, 0.2) is 12.4 Å². The molecule has 4 atom stereocenters. The maximum absolute atomic E-state index is 9.14. The number of ether oxygens (including phenoxy) is 1. The molecule has 160 valence electrons. The first-order valence-corrected chi connectivity index (χ1v) is 11.2. The number of hydrogen-bond donors (Lipinski definition) is 3. The molecule has 2 saturated heterocycles. The van der Waals surface area contributed by atoms with E-state index in [1.807, 2.05) is 0 Å². The molecule has 0 spiro atoms. The van der Waals surface area contributed by atoms with Crippen LogP contribution in [0.3, 0.4) is 0 Å². The molecular weight excluding hydrogens is 368 g/mol. The number of hydrogen-bond acceptors (Lipinski definition) is 8. The van der Waals surface area contributed by atoms with Gasteiger partial charge in [0.2, 0.25) is 0 Å². The van der Waals surface area contributed by atoms with Gasteiger partial charge >= 0.3 is 0 Å². The van der Waals surface area contributed by atoms with E-state index in [4.69, 9.17) is 9.84 Å². The minimum atomic E-state index is 0.146. The molecule has 2 aliphatic heterocycles. The van der Waals surface area contributed by atoms with Crippen LogP contribution in [-0.4, -0.2) is 77.1 Å². The molecule has 5 rings (SSSR count). The predicted octanol–water partition coefficient (Wildman–Crippen LogP) is 0.846. The van der Waals surface area contributed by atoms with Gasteiger partial charge in [-0.25, -0.2) is 15.4 Å². The molecule has 1 aromatic rings. The zero-order valence-corrected chi connectivity index (χ0v) is 17.4. The largest absolute Gasteiger partial charge is 0.395 e. The molecule has 8 nitrogen and oxygen atoms in total. The molecule has 3 N–H and O–H groups in total. The highest BCUT2D eigenvalue weighted by Gasteiger charge is 2.46. The van der Waals surface area contributed by atoms with Gasteiger partial charge in [0, 0.05) is 50.7 Å². The van der Waals surface area contributed by atoms with Crippen molar-refractivity contribution in [2.75, 3.05) is 44.2 Å². The van der Waals surface area contributed by atoms with Crippen LogP contribution in [0.25, 0.3) is 0 Å². The fourth-order valence-electron chi connectivity index (χ4n) is 5.16. The molecule has 4 unspecified atom stereocenters. The van der Waals surface area contributed by atoms with Crippen molar-refractivity contribution in [1.82, 2.24) is 25.7 Å². The summed E-state index contributed by atoms with van der Waals surface area (Å²) in [5.41, 5.74) is 8.25. The second-order valence-electron chi connectivity index (χ2n) is 9.39. The van der Waals surface area contributed by atoms with Crippen molar-refractivity contribution in [1.29, 1.82) is 0 Å². The highest BCUT2D eigenvalue weighted by molar-refractivity contribution is 5.40. The normalized spacial score (nSPS) is 34.2. The third-order valence-corrected chi connectivity index (χ3v) is 7.21. The summed E-state index contributed by atoms with van der Waals surface area (Å²) in [4.78, 5) is 13.8. The topological polar surface area (TPSA) is 85.8 Å². The molecule has 2 saturated carbocycles. The second-order valence-corrected chi connectivity index (χ2v) is 9.39. The van der Waals surface area contributed by atoms with E-state index < -0.39 is 0 Å². The van der Waals surface area contributed by atoms with Crippen LogP contribution in [-0.2, 0) is 4.74 Å². The molecule has 0 bridgehead atoms. The van der Waals surface area contributed by atoms with Crippen molar-refractivity contribution in [3.05, 3.63) is 18.1 Å². The van der Waals surface area contributed by atoms with E-state index in [0.717, 1.165) is 63.5 Å². The van der Waals surface area contributed by atoms with Crippen LogP contribution >= 0.6 is 0 Å². The van der Waals surface area contributed by atoms with Gasteiger partial charge in [0.15, 0.2) is 0 Å². The Bertz CT molecular complexity index is 706. The number of nitrogens with one attached hydrogen (secondary N) is 2. The molecule has 1 aromatic heterocycles. The number of hydrazine groups is 1. The number of aromatic nitrogens is 2. The van der Waals surface area contributed by atoms with Crippen LogP contribution in [0.4, 0.5) is 5.82 Å². The minimum Gasteiger partial charge on any atom is -0.395 e. The van der Waals surface area contributed by atoms with E-state index in [0.29, 0.717) is 18.1 Å². The number of β-amino-alcohol motifs (C(OH)–C–C–N with tert-alkyl or cyclic N) is 1. The Morgan fingerprint density at radius 1 is 1.17 bits per heavy atom. The Morgan fingerprint density at radius 2 is 2.00 bits per heavy atom. The number of nitrogens with zero attached hydrogens (tertiary/aromatic N) is 4. The summed E-state index contributed by atoms with van der Waals surface area (Å²) in [7, 11) is 0. The van der Waals surface area contributed by atoms with Gasteiger partial charge in [0.05, 0.1) is 30.0 Å². The number of aliphatic hydroxyl groups excluding tert-OH is 1.